The number of rotatable bonds is 8. The zero-order valence-corrected chi connectivity index (χ0v) is 23.7. The fourth-order valence-electron chi connectivity index (χ4n) is 3.15. The predicted molar refractivity (Wildman–Crippen MR) is 147 cm³/mol. The monoisotopic (exact) mass is 665 g/mol. The molecule has 2 amide bonds. The molecule has 0 bridgehead atoms. The summed E-state index contributed by atoms with van der Waals surface area (Å²) < 4.78 is 13.9. The second-order valence-electron chi connectivity index (χ2n) is 7.22. The number of carbonyl (C=O) groups excluding carboxylic acids is 2. The third kappa shape index (κ3) is 7.39. The highest BCUT2D eigenvalue weighted by molar-refractivity contribution is 9.11. The number of para-hydroxylation sites is 1. The molecule has 7 nitrogen and oxygen atoms in total. The zero-order chi connectivity index (χ0) is 25.4. The van der Waals surface area contributed by atoms with E-state index < -0.39 is 11.8 Å². The first kappa shape index (κ1) is 26.9. The van der Waals surface area contributed by atoms with Crippen molar-refractivity contribution in [2.24, 2.45) is 5.10 Å². The van der Waals surface area contributed by atoms with Crippen LogP contribution in [0, 0.1) is 0 Å². The summed E-state index contributed by atoms with van der Waals surface area (Å²) in [6, 6.07) is 16.5. The van der Waals surface area contributed by atoms with Crippen LogP contribution in [0.15, 0.2) is 73.1 Å². The predicted octanol–water partition coefficient (Wildman–Crippen LogP) is 6.21. The zero-order valence-electron chi connectivity index (χ0n) is 18.9. The summed E-state index contributed by atoms with van der Waals surface area (Å²) >= 11 is 10.4. The Labute approximate surface area is 228 Å². The number of nitrogens with one attached hydrogen (secondary N) is 2. The van der Waals surface area contributed by atoms with Gasteiger partial charge in [-0.1, -0.05) is 41.1 Å². The van der Waals surface area contributed by atoms with E-state index in [1.54, 1.807) is 31.4 Å². The summed E-state index contributed by atoms with van der Waals surface area (Å²) in [4.78, 5) is 24.4. The molecule has 3 aromatic rings. The number of aryl methyl sites for hydroxylation is 1. The lowest BCUT2D eigenvalue weighted by molar-refractivity contribution is -0.136. The van der Waals surface area contributed by atoms with Crippen LogP contribution in [0.25, 0.3) is 0 Å². The molecule has 0 saturated heterocycles. The van der Waals surface area contributed by atoms with Gasteiger partial charge in [-0.05, 0) is 85.8 Å². The molecule has 0 radical (unpaired) electrons. The molecule has 0 aliphatic carbocycles. The first-order chi connectivity index (χ1) is 16.8. The van der Waals surface area contributed by atoms with Crippen molar-refractivity contribution in [3.05, 3.63) is 84.7 Å². The van der Waals surface area contributed by atoms with Crippen molar-refractivity contribution < 1.29 is 19.1 Å². The maximum atomic E-state index is 12.2. The molecule has 0 aromatic heterocycles. The molecule has 0 fully saturated rings. The third-order valence-electron chi connectivity index (χ3n) is 4.87. The van der Waals surface area contributed by atoms with Crippen molar-refractivity contribution >= 4 is 71.5 Å². The average molecular weight is 668 g/mol. The topological polar surface area (TPSA) is 89.0 Å². The molecule has 0 aliphatic heterocycles. The minimum Gasteiger partial charge on any atom is -0.496 e. The lowest BCUT2D eigenvalue weighted by atomic mass is 10.1. The minimum atomic E-state index is -0.867. The Hall–Kier alpha value is -2.69. The number of nitrogens with zero attached hydrogens (tertiary/aromatic N) is 1. The van der Waals surface area contributed by atoms with Crippen LogP contribution in [0.2, 0.25) is 0 Å². The van der Waals surface area contributed by atoms with Gasteiger partial charge in [-0.2, -0.15) is 5.10 Å². The highest BCUT2D eigenvalue weighted by atomic mass is 79.9. The molecule has 0 heterocycles. The van der Waals surface area contributed by atoms with E-state index in [1.807, 2.05) is 37.3 Å². The van der Waals surface area contributed by atoms with E-state index in [0.29, 0.717) is 22.7 Å². The van der Waals surface area contributed by atoms with E-state index in [-0.39, 0.29) is 6.61 Å². The van der Waals surface area contributed by atoms with Crippen LogP contribution in [0.5, 0.6) is 11.5 Å². The highest BCUT2D eigenvalue weighted by Gasteiger charge is 2.14. The van der Waals surface area contributed by atoms with E-state index in [1.165, 1.54) is 6.21 Å². The Bertz CT molecular complexity index is 1240. The molecule has 0 saturated carbocycles. The van der Waals surface area contributed by atoms with Gasteiger partial charge in [0.15, 0.2) is 0 Å². The molecule has 35 heavy (non-hydrogen) atoms. The Balaban J connectivity index is 1.65. The summed E-state index contributed by atoms with van der Waals surface area (Å²) in [5, 5.41) is 6.52. The number of amides is 2. The van der Waals surface area contributed by atoms with Gasteiger partial charge < -0.3 is 14.8 Å². The van der Waals surface area contributed by atoms with Gasteiger partial charge in [0.25, 0.3) is 0 Å². The van der Waals surface area contributed by atoms with Gasteiger partial charge in [-0.15, -0.1) is 0 Å². The number of carbonyl (C=O) groups is 2. The van der Waals surface area contributed by atoms with Crippen molar-refractivity contribution in [1.82, 2.24) is 5.43 Å². The molecule has 182 valence electrons. The number of anilines is 1. The number of hydrazone groups is 1. The fraction of sp³-hybridized carbons (Fsp3) is 0.160. The molecule has 2 N–H and O–H groups in total. The molecular weight excluding hydrogens is 646 g/mol. The van der Waals surface area contributed by atoms with E-state index in [4.69, 9.17) is 9.47 Å². The number of halogens is 3. The van der Waals surface area contributed by atoms with Crippen LogP contribution in [0.1, 0.15) is 23.6 Å². The highest BCUT2D eigenvalue weighted by Crippen LogP contribution is 2.37. The van der Waals surface area contributed by atoms with E-state index in [2.05, 4.69) is 63.6 Å². The van der Waals surface area contributed by atoms with Crippen LogP contribution >= 0.6 is 47.8 Å². The van der Waals surface area contributed by atoms with Crippen LogP contribution in [0.4, 0.5) is 5.69 Å². The maximum Gasteiger partial charge on any atom is 0.329 e. The second-order valence-corrected chi connectivity index (χ2v) is 9.85. The molecular formula is C25H22Br3N3O4. The summed E-state index contributed by atoms with van der Waals surface area (Å²) in [5.74, 6) is -0.367. The van der Waals surface area contributed by atoms with Crippen LogP contribution < -0.4 is 20.2 Å². The third-order valence-corrected chi connectivity index (χ3v) is 6.51. The first-order valence-corrected chi connectivity index (χ1v) is 12.9. The van der Waals surface area contributed by atoms with Crippen molar-refractivity contribution in [1.29, 1.82) is 0 Å². The van der Waals surface area contributed by atoms with Gasteiger partial charge in [0, 0.05) is 15.7 Å². The lowest BCUT2D eigenvalue weighted by Gasteiger charge is -2.13. The molecule has 3 aromatic carbocycles. The number of benzene rings is 3. The fourth-order valence-corrected chi connectivity index (χ4v) is 5.64. The number of hydrogen-bond acceptors (Lipinski definition) is 5. The normalized spacial score (nSPS) is 10.8. The summed E-state index contributed by atoms with van der Waals surface area (Å²) in [5.41, 5.74) is 5.26. The average Bonchev–Trinajstić information content (AvgIpc) is 2.83. The van der Waals surface area contributed by atoms with E-state index >= 15 is 0 Å². The molecule has 0 atom stereocenters. The van der Waals surface area contributed by atoms with E-state index in [9.17, 15) is 9.59 Å². The quantitative estimate of drug-likeness (QED) is 0.170. The lowest BCUT2D eigenvalue weighted by Crippen LogP contribution is -2.32. The SMILES string of the molecule is CCc1ccccc1NC(=O)C(=O)NN=Cc1ccc(OC)c(COc2c(Br)cc(Br)cc2Br)c1. The Morgan fingerprint density at radius 2 is 1.69 bits per heavy atom. The minimum absolute atomic E-state index is 0.231. The summed E-state index contributed by atoms with van der Waals surface area (Å²) in [6.45, 7) is 2.20. The van der Waals surface area contributed by atoms with Gasteiger partial charge in [-0.3, -0.25) is 9.59 Å². The summed E-state index contributed by atoms with van der Waals surface area (Å²) in [7, 11) is 1.58. The Morgan fingerprint density at radius 3 is 2.37 bits per heavy atom. The molecule has 10 heteroatoms. The molecule has 0 aliphatic rings. The van der Waals surface area contributed by atoms with Crippen molar-refractivity contribution in [2.45, 2.75) is 20.0 Å². The molecule has 3 rings (SSSR count). The van der Waals surface area contributed by atoms with Gasteiger partial charge in [-0.25, -0.2) is 5.43 Å². The maximum absolute atomic E-state index is 12.2. The standard InChI is InChI=1S/C25H22Br3N3O4/c1-3-16-6-4-5-7-21(16)30-24(32)25(33)31-29-13-15-8-9-22(34-2)17(10-15)14-35-23-19(27)11-18(26)12-20(23)28/h4-13H,3,14H2,1-2H3,(H,30,32)(H,31,33). The Morgan fingerprint density at radius 1 is 0.971 bits per heavy atom. The first-order valence-electron chi connectivity index (χ1n) is 10.5. The number of methoxy groups -OCH3 is 1. The van der Waals surface area contributed by atoms with Gasteiger partial charge in [0.2, 0.25) is 0 Å². The van der Waals surface area contributed by atoms with Gasteiger partial charge in [0.05, 0.1) is 22.3 Å². The van der Waals surface area contributed by atoms with Gasteiger partial charge >= 0.3 is 11.8 Å². The van der Waals surface area contributed by atoms with Crippen LogP contribution in [-0.2, 0) is 22.6 Å². The number of hydrogen-bond donors (Lipinski definition) is 2. The van der Waals surface area contributed by atoms with Crippen molar-refractivity contribution in [3.63, 3.8) is 0 Å². The Kier molecular flexibility index (Phi) is 9.88. The summed E-state index contributed by atoms with van der Waals surface area (Å²) in [6.07, 6.45) is 2.18. The number of ether oxygens (including phenoxy) is 2. The molecule has 0 spiro atoms. The van der Waals surface area contributed by atoms with Gasteiger partial charge in [0.1, 0.15) is 18.1 Å². The van der Waals surface area contributed by atoms with Crippen LogP contribution in [0.3, 0.4) is 0 Å². The van der Waals surface area contributed by atoms with Crippen molar-refractivity contribution in [3.8, 4) is 11.5 Å². The largest absolute Gasteiger partial charge is 0.496 e. The van der Waals surface area contributed by atoms with E-state index in [0.717, 1.165) is 31.0 Å². The van der Waals surface area contributed by atoms with Crippen molar-refractivity contribution in [2.75, 3.05) is 12.4 Å². The molecule has 0 unspecified atom stereocenters. The second kappa shape index (κ2) is 12.9. The van der Waals surface area contributed by atoms with Crippen LogP contribution in [-0.4, -0.2) is 25.1 Å². The smallest absolute Gasteiger partial charge is 0.329 e.